The van der Waals surface area contributed by atoms with Gasteiger partial charge in [0.05, 0.1) is 5.52 Å². The zero-order chi connectivity index (χ0) is 16.9. The Bertz CT molecular complexity index is 865. The van der Waals surface area contributed by atoms with E-state index in [4.69, 9.17) is 27.5 Å². The van der Waals surface area contributed by atoms with Gasteiger partial charge in [0.2, 0.25) is 0 Å². The highest BCUT2D eigenvalue weighted by Crippen LogP contribution is 2.24. The molecule has 24 heavy (non-hydrogen) atoms. The molecular formula is C18H17ClN4O. The summed E-state index contributed by atoms with van der Waals surface area (Å²) in [5.41, 5.74) is 7.95. The zero-order valence-corrected chi connectivity index (χ0v) is 13.7. The number of fused-ring (bicyclic) bond motifs is 1. The minimum atomic E-state index is 0.0490. The van der Waals surface area contributed by atoms with E-state index in [-0.39, 0.29) is 5.84 Å². The standard InChI is InChI=1S/C18H17ClN4O/c19-13-3-6-15-16(7-8-22-17(15)11-13)23-9-10-24-14-4-1-12(2-5-14)18(20)21/h1-8,11H,9-10H2,(H3,20,21)(H,22,23). The number of ether oxygens (including phenoxy) is 1. The van der Waals surface area contributed by atoms with Crippen LogP contribution in [0.4, 0.5) is 5.69 Å². The van der Waals surface area contributed by atoms with Crippen LogP contribution in [0.5, 0.6) is 5.75 Å². The predicted octanol–water partition coefficient (Wildman–Crippen LogP) is 3.66. The van der Waals surface area contributed by atoms with Gasteiger partial charge in [-0.1, -0.05) is 11.6 Å². The smallest absolute Gasteiger partial charge is 0.122 e. The van der Waals surface area contributed by atoms with E-state index in [9.17, 15) is 0 Å². The topological polar surface area (TPSA) is 84.0 Å². The molecule has 1 heterocycles. The Balaban J connectivity index is 1.58. The number of halogens is 1. The van der Waals surface area contributed by atoms with Crippen LogP contribution in [-0.4, -0.2) is 24.0 Å². The van der Waals surface area contributed by atoms with Gasteiger partial charge in [-0.25, -0.2) is 0 Å². The first-order chi connectivity index (χ1) is 11.6. The van der Waals surface area contributed by atoms with Gasteiger partial charge in [0, 0.05) is 34.4 Å². The molecule has 0 atom stereocenters. The number of nitrogens with two attached hydrogens (primary N) is 1. The summed E-state index contributed by atoms with van der Waals surface area (Å²) in [5.74, 6) is 0.793. The number of rotatable bonds is 6. The highest BCUT2D eigenvalue weighted by Gasteiger charge is 2.03. The van der Waals surface area contributed by atoms with Crippen molar-refractivity contribution in [1.82, 2.24) is 4.98 Å². The second-order valence-corrected chi connectivity index (χ2v) is 5.67. The molecule has 122 valence electrons. The van der Waals surface area contributed by atoms with Gasteiger partial charge in [0.1, 0.15) is 18.2 Å². The van der Waals surface area contributed by atoms with Gasteiger partial charge < -0.3 is 15.8 Å². The van der Waals surface area contributed by atoms with E-state index in [0.717, 1.165) is 22.3 Å². The Kier molecular flexibility index (Phi) is 4.82. The van der Waals surface area contributed by atoms with Crippen molar-refractivity contribution in [3.8, 4) is 5.75 Å². The lowest BCUT2D eigenvalue weighted by atomic mass is 10.2. The number of hydrogen-bond acceptors (Lipinski definition) is 4. The maximum absolute atomic E-state index is 7.36. The first-order valence-electron chi connectivity index (χ1n) is 7.49. The van der Waals surface area contributed by atoms with E-state index in [0.29, 0.717) is 23.7 Å². The van der Waals surface area contributed by atoms with Crippen LogP contribution in [-0.2, 0) is 0 Å². The molecule has 0 aliphatic carbocycles. The number of nitrogens with one attached hydrogen (secondary N) is 2. The number of nitrogen functional groups attached to an aromatic ring is 1. The summed E-state index contributed by atoms with van der Waals surface area (Å²) in [6.07, 6.45) is 1.75. The molecule has 0 aliphatic heterocycles. The quantitative estimate of drug-likeness (QED) is 0.363. The maximum atomic E-state index is 7.36. The summed E-state index contributed by atoms with van der Waals surface area (Å²) >= 11 is 5.99. The molecule has 0 saturated carbocycles. The van der Waals surface area contributed by atoms with Crippen molar-refractivity contribution in [2.45, 2.75) is 0 Å². The average molecular weight is 341 g/mol. The molecule has 5 nitrogen and oxygen atoms in total. The van der Waals surface area contributed by atoms with Crippen LogP contribution in [0.3, 0.4) is 0 Å². The van der Waals surface area contributed by atoms with Crippen LogP contribution in [0.2, 0.25) is 5.02 Å². The molecule has 4 N–H and O–H groups in total. The molecule has 0 aliphatic rings. The van der Waals surface area contributed by atoms with Gasteiger partial charge in [-0.3, -0.25) is 10.4 Å². The summed E-state index contributed by atoms with van der Waals surface area (Å²) in [6, 6.07) is 14.7. The van der Waals surface area contributed by atoms with Gasteiger partial charge in [0.25, 0.3) is 0 Å². The molecule has 6 heteroatoms. The van der Waals surface area contributed by atoms with Crippen LogP contribution in [0.1, 0.15) is 5.56 Å². The van der Waals surface area contributed by atoms with Gasteiger partial charge in [-0.2, -0.15) is 0 Å². The van der Waals surface area contributed by atoms with Crippen molar-refractivity contribution in [2.24, 2.45) is 5.73 Å². The third kappa shape index (κ3) is 3.75. The van der Waals surface area contributed by atoms with Crippen LogP contribution < -0.4 is 15.8 Å². The Morgan fingerprint density at radius 2 is 1.96 bits per heavy atom. The number of benzene rings is 2. The molecule has 0 bridgehead atoms. The lowest BCUT2D eigenvalue weighted by molar-refractivity contribution is 0.333. The van der Waals surface area contributed by atoms with Crippen molar-refractivity contribution in [3.63, 3.8) is 0 Å². The Morgan fingerprint density at radius 3 is 2.71 bits per heavy atom. The maximum Gasteiger partial charge on any atom is 0.122 e. The molecule has 2 aromatic carbocycles. The number of anilines is 1. The van der Waals surface area contributed by atoms with Gasteiger partial charge in [-0.15, -0.1) is 0 Å². The minimum Gasteiger partial charge on any atom is -0.492 e. The van der Waals surface area contributed by atoms with Gasteiger partial charge in [-0.05, 0) is 48.5 Å². The largest absolute Gasteiger partial charge is 0.492 e. The van der Waals surface area contributed by atoms with E-state index in [1.54, 1.807) is 30.5 Å². The highest BCUT2D eigenvalue weighted by atomic mass is 35.5. The van der Waals surface area contributed by atoms with E-state index >= 15 is 0 Å². The normalized spacial score (nSPS) is 10.5. The molecule has 1 aromatic heterocycles. The summed E-state index contributed by atoms with van der Waals surface area (Å²) in [7, 11) is 0. The van der Waals surface area contributed by atoms with Crippen molar-refractivity contribution >= 4 is 34.0 Å². The molecule has 0 radical (unpaired) electrons. The van der Waals surface area contributed by atoms with Crippen LogP contribution in [0, 0.1) is 5.41 Å². The Hall–Kier alpha value is -2.79. The fraction of sp³-hybridized carbons (Fsp3) is 0.111. The summed E-state index contributed by atoms with van der Waals surface area (Å²) < 4.78 is 5.68. The molecule has 3 rings (SSSR count). The number of pyridine rings is 1. The van der Waals surface area contributed by atoms with E-state index in [1.165, 1.54) is 0 Å². The third-order valence-corrected chi connectivity index (χ3v) is 3.79. The molecule has 3 aromatic rings. The predicted molar refractivity (Wildman–Crippen MR) is 98.2 cm³/mol. The molecular weight excluding hydrogens is 324 g/mol. The van der Waals surface area contributed by atoms with E-state index in [2.05, 4.69) is 10.3 Å². The lowest BCUT2D eigenvalue weighted by Gasteiger charge is -2.11. The third-order valence-electron chi connectivity index (χ3n) is 3.56. The SMILES string of the molecule is N=C(N)c1ccc(OCCNc2ccnc3cc(Cl)ccc23)cc1. The van der Waals surface area contributed by atoms with Gasteiger partial charge in [0.15, 0.2) is 0 Å². The Labute approximate surface area is 144 Å². The number of nitrogens with zero attached hydrogens (tertiary/aromatic N) is 1. The zero-order valence-electron chi connectivity index (χ0n) is 12.9. The van der Waals surface area contributed by atoms with Crippen molar-refractivity contribution in [2.75, 3.05) is 18.5 Å². The molecule has 0 spiro atoms. The van der Waals surface area contributed by atoms with Crippen molar-refractivity contribution < 1.29 is 4.74 Å². The van der Waals surface area contributed by atoms with Gasteiger partial charge >= 0.3 is 0 Å². The fourth-order valence-corrected chi connectivity index (χ4v) is 2.53. The van der Waals surface area contributed by atoms with E-state index in [1.807, 2.05) is 24.3 Å². The second kappa shape index (κ2) is 7.19. The van der Waals surface area contributed by atoms with Crippen LogP contribution >= 0.6 is 11.6 Å². The molecule has 0 amide bonds. The second-order valence-electron chi connectivity index (χ2n) is 5.23. The van der Waals surface area contributed by atoms with Crippen molar-refractivity contribution in [1.29, 1.82) is 5.41 Å². The fourth-order valence-electron chi connectivity index (χ4n) is 2.36. The average Bonchev–Trinajstić information content (AvgIpc) is 2.59. The first-order valence-corrected chi connectivity index (χ1v) is 7.87. The van der Waals surface area contributed by atoms with Crippen molar-refractivity contribution in [3.05, 3.63) is 65.3 Å². The lowest BCUT2D eigenvalue weighted by Crippen LogP contribution is -2.12. The number of hydrogen-bond donors (Lipinski definition) is 3. The minimum absolute atomic E-state index is 0.0490. The van der Waals surface area contributed by atoms with Crippen LogP contribution in [0.15, 0.2) is 54.7 Å². The molecule has 0 unspecified atom stereocenters. The summed E-state index contributed by atoms with van der Waals surface area (Å²) in [4.78, 5) is 4.32. The Morgan fingerprint density at radius 1 is 1.17 bits per heavy atom. The summed E-state index contributed by atoms with van der Waals surface area (Å²) in [5, 5.41) is 12.4. The van der Waals surface area contributed by atoms with E-state index < -0.39 is 0 Å². The highest BCUT2D eigenvalue weighted by molar-refractivity contribution is 6.31. The van der Waals surface area contributed by atoms with Crippen LogP contribution in [0.25, 0.3) is 10.9 Å². The molecule has 0 fully saturated rings. The number of aromatic nitrogens is 1. The monoisotopic (exact) mass is 340 g/mol. The number of amidine groups is 1. The molecule has 0 saturated heterocycles. The first kappa shape index (κ1) is 16.1. The summed E-state index contributed by atoms with van der Waals surface area (Å²) in [6.45, 7) is 1.16.